The first kappa shape index (κ1) is 24.2. The standard InChI is InChI=1S/C21H16F2O.3CH4/c1-15(24)21(16-7-3-2-4-8-16,17-11-13-18(22)14-12-17)19-9-5-6-10-20(19)23;;;/h2-14H,1H3;3*1H4/t21-;;;/m1.../s1. The lowest BCUT2D eigenvalue weighted by molar-refractivity contribution is -0.120. The minimum atomic E-state index is -1.32. The lowest BCUT2D eigenvalue weighted by Crippen LogP contribution is -2.37. The van der Waals surface area contributed by atoms with Gasteiger partial charge in [-0.25, -0.2) is 8.78 Å². The molecule has 0 unspecified atom stereocenters. The van der Waals surface area contributed by atoms with E-state index >= 15 is 0 Å². The summed E-state index contributed by atoms with van der Waals surface area (Å²) in [6.45, 7) is 1.43. The third-order valence-electron chi connectivity index (χ3n) is 4.29. The average molecular weight is 370 g/mol. The molecule has 0 aliphatic carbocycles. The first-order chi connectivity index (χ1) is 11.6. The summed E-state index contributed by atoms with van der Waals surface area (Å²) in [5.41, 5.74) is 0.123. The Labute approximate surface area is 161 Å². The molecule has 27 heavy (non-hydrogen) atoms. The lowest BCUT2D eigenvalue weighted by atomic mass is 9.67. The summed E-state index contributed by atoms with van der Waals surface area (Å²) in [5, 5.41) is 0. The van der Waals surface area contributed by atoms with Crippen LogP contribution in [0.5, 0.6) is 0 Å². The van der Waals surface area contributed by atoms with Gasteiger partial charge in [0, 0.05) is 5.56 Å². The maximum Gasteiger partial charge on any atom is 0.149 e. The van der Waals surface area contributed by atoms with Crippen molar-refractivity contribution >= 4 is 5.78 Å². The van der Waals surface area contributed by atoms with Gasteiger partial charge in [0.15, 0.2) is 0 Å². The molecule has 3 aromatic rings. The number of Topliss-reactive ketones (excluding diaryl/α,β-unsaturated/α-hetero) is 1. The quantitative estimate of drug-likeness (QED) is 0.462. The molecule has 0 saturated heterocycles. The van der Waals surface area contributed by atoms with Crippen molar-refractivity contribution < 1.29 is 13.6 Å². The molecule has 0 aromatic heterocycles. The Balaban J connectivity index is 0.00000225. The largest absolute Gasteiger partial charge is 0.298 e. The molecule has 3 rings (SSSR count). The predicted molar refractivity (Wildman–Crippen MR) is 110 cm³/mol. The highest BCUT2D eigenvalue weighted by molar-refractivity contribution is 5.96. The summed E-state index contributed by atoms with van der Waals surface area (Å²) in [6.07, 6.45) is 0. The van der Waals surface area contributed by atoms with Gasteiger partial charge in [0.05, 0.1) is 0 Å². The minimum Gasteiger partial charge on any atom is -0.298 e. The Morgan fingerprint density at radius 1 is 0.704 bits per heavy atom. The van der Waals surface area contributed by atoms with E-state index in [4.69, 9.17) is 0 Å². The van der Waals surface area contributed by atoms with Gasteiger partial charge in [-0.05, 0) is 36.2 Å². The van der Waals surface area contributed by atoms with Crippen LogP contribution in [0.1, 0.15) is 45.9 Å². The number of carbonyl (C=O) groups excluding carboxylic acids is 1. The molecule has 0 N–H and O–H groups in total. The number of hydrogen-bond donors (Lipinski definition) is 0. The lowest BCUT2D eigenvalue weighted by Gasteiger charge is -2.33. The van der Waals surface area contributed by atoms with Crippen molar-refractivity contribution in [2.45, 2.75) is 34.6 Å². The van der Waals surface area contributed by atoms with Crippen LogP contribution in [0.25, 0.3) is 0 Å². The zero-order valence-corrected chi connectivity index (χ0v) is 13.2. The van der Waals surface area contributed by atoms with Gasteiger partial charge in [-0.1, -0.05) is 82.9 Å². The summed E-state index contributed by atoms with van der Waals surface area (Å²) in [7, 11) is 0. The SMILES string of the molecule is C.C.C.CC(=O)[C@@](c1ccccc1)(c1ccc(F)cc1)c1ccccc1F. The van der Waals surface area contributed by atoms with Crippen LogP contribution >= 0.6 is 0 Å². The van der Waals surface area contributed by atoms with Crippen LogP contribution in [-0.2, 0) is 10.2 Å². The molecule has 0 aliphatic heterocycles. The molecule has 3 aromatic carbocycles. The molecule has 0 aliphatic rings. The van der Waals surface area contributed by atoms with Crippen molar-refractivity contribution in [1.29, 1.82) is 0 Å². The van der Waals surface area contributed by atoms with E-state index in [1.54, 1.807) is 42.5 Å². The van der Waals surface area contributed by atoms with Gasteiger partial charge < -0.3 is 0 Å². The van der Waals surface area contributed by atoms with Crippen molar-refractivity contribution in [3.8, 4) is 0 Å². The first-order valence-electron chi connectivity index (χ1n) is 7.64. The number of carbonyl (C=O) groups is 1. The van der Waals surface area contributed by atoms with Gasteiger partial charge in [0.25, 0.3) is 0 Å². The summed E-state index contributed by atoms with van der Waals surface area (Å²) in [6, 6.07) is 20.9. The molecule has 1 nitrogen and oxygen atoms in total. The molecule has 0 bridgehead atoms. The number of halogens is 2. The Kier molecular flexibility index (Phi) is 8.75. The van der Waals surface area contributed by atoms with E-state index in [0.717, 1.165) is 0 Å². The second-order valence-electron chi connectivity index (χ2n) is 5.66. The van der Waals surface area contributed by atoms with Gasteiger partial charge in [0.2, 0.25) is 0 Å². The van der Waals surface area contributed by atoms with Crippen LogP contribution in [-0.4, -0.2) is 5.78 Å². The highest BCUT2D eigenvalue weighted by atomic mass is 19.1. The summed E-state index contributed by atoms with van der Waals surface area (Å²) < 4.78 is 28.1. The maximum atomic E-state index is 14.7. The molecule has 0 heterocycles. The van der Waals surface area contributed by atoms with Gasteiger partial charge >= 0.3 is 0 Å². The molecule has 0 fully saturated rings. The topological polar surface area (TPSA) is 17.1 Å². The van der Waals surface area contributed by atoms with E-state index in [9.17, 15) is 13.6 Å². The monoisotopic (exact) mass is 370 g/mol. The van der Waals surface area contributed by atoms with Crippen molar-refractivity contribution in [1.82, 2.24) is 0 Å². The molecular weight excluding hydrogens is 342 g/mol. The van der Waals surface area contributed by atoms with Gasteiger partial charge in [-0.3, -0.25) is 4.79 Å². The first-order valence-corrected chi connectivity index (χ1v) is 7.64. The van der Waals surface area contributed by atoms with Crippen LogP contribution in [0, 0.1) is 11.6 Å². The Morgan fingerprint density at radius 3 is 1.70 bits per heavy atom. The molecule has 0 amide bonds. The van der Waals surface area contributed by atoms with Gasteiger partial charge in [0.1, 0.15) is 22.8 Å². The Bertz CT molecular complexity index is 857. The maximum absolute atomic E-state index is 14.7. The Morgan fingerprint density at radius 2 is 1.19 bits per heavy atom. The highest BCUT2D eigenvalue weighted by Gasteiger charge is 2.42. The average Bonchev–Trinajstić information content (AvgIpc) is 2.59. The van der Waals surface area contributed by atoms with Gasteiger partial charge in [-0.2, -0.15) is 0 Å². The zero-order chi connectivity index (χ0) is 17.2. The minimum absolute atomic E-state index is 0. The van der Waals surface area contributed by atoms with Crippen molar-refractivity contribution in [2.75, 3.05) is 0 Å². The van der Waals surface area contributed by atoms with E-state index in [2.05, 4.69) is 0 Å². The smallest absolute Gasteiger partial charge is 0.149 e. The molecule has 144 valence electrons. The van der Waals surface area contributed by atoms with E-state index in [1.165, 1.54) is 37.3 Å². The van der Waals surface area contributed by atoms with Gasteiger partial charge in [-0.15, -0.1) is 0 Å². The van der Waals surface area contributed by atoms with Crippen LogP contribution in [0.3, 0.4) is 0 Å². The fraction of sp³-hybridized carbons (Fsp3) is 0.208. The van der Waals surface area contributed by atoms with E-state index < -0.39 is 17.0 Å². The molecule has 3 heteroatoms. The normalized spacial score (nSPS) is 11.8. The molecule has 0 spiro atoms. The Hall–Kier alpha value is -2.81. The van der Waals surface area contributed by atoms with Crippen LogP contribution in [0.4, 0.5) is 8.78 Å². The van der Waals surface area contributed by atoms with Crippen LogP contribution in [0.15, 0.2) is 78.9 Å². The summed E-state index contributed by atoms with van der Waals surface area (Å²) >= 11 is 0. The predicted octanol–water partition coefficient (Wildman–Crippen LogP) is 6.80. The van der Waals surface area contributed by atoms with Crippen molar-refractivity contribution in [3.05, 3.63) is 107 Å². The fourth-order valence-corrected chi connectivity index (χ4v) is 3.23. The summed E-state index contributed by atoms with van der Waals surface area (Å²) in [5.74, 6) is -1.11. The van der Waals surface area contributed by atoms with E-state index in [-0.39, 0.29) is 33.6 Å². The number of benzene rings is 3. The number of hydrogen-bond acceptors (Lipinski definition) is 1. The second-order valence-corrected chi connectivity index (χ2v) is 5.66. The van der Waals surface area contributed by atoms with Crippen molar-refractivity contribution in [2.24, 2.45) is 0 Å². The zero-order valence-electron chi connectivity index (χ0n) is 13.2. The second kappa shape index (κ2) is 9.77. The third-order valence-corrected chi connectivity index (χ3v) is 4.29. The fourth-order valence-electron chi connectivity index (χ4n) is 3.23. The van der Waals surface area contributed by atoms with Crippen molar-refractivity contribution in [3.63, 3.8) is 0 Å². The number of ketones is 1. The number of rotatable bonds is 4. The van der Waals surface area contributed by atoms with E-state index in [1.807, 2.05) is 6.07 Å². The third kappa shape index (κ3) is 4.13. The molecular formula is C24H28F2O. The molecule has 0 radical (unpaired) electrons. The molecule has 0 saturated carbocycles. The highest BCUT2D eigenvalue weighted by Crippen LogP contribution is 2.41. The summed E-state index contributed by atoms with van der Waals surface area (Å²) in [4.78, 5) is 12.8. The van der Waals surface area contributed by atoms with Crippen LogP contribution in [0.2, 0.25) is 0 Å². The van der Waals surface area contributed by atoms with Crippen LogP contribution < -0.4 is 0 Å². The van der Waals surface area contributed by atoms with E-state index in [0.29, 0.717) is 11.1 Å². The molecule has 1 atom stereocenters.